The number of hydrogen-bond acceptors (Lipinski definition) is 2. The summed E-state index contributed by atoms with van der Waals surface area (Å²) in [7, 11) is 1.55. The topological polar surface area (TPSA) is 70.2 Å². The van der Waals surface area contributed by atoms with Crippen molar-refractivity contribution < 1.29 is 14.0 Å². The van der Waals surface area contributed by atoms with Crippen LogP contribution >= 0.6 is 0 Å². The minimum Gasteiger partial charge on any atom is -0.355 e. The van der Waals surface area contributed by atoms with Gasteiger partial charge >= 0.3 is 6.03 Å². The zero-order valence-corrected chi connectivity index (χ0v) is 13.7. The number of carbonyl (C=O) groups excluding carboxylic acids is 2. The minimum absolute atomic E-state index is 0.212. The number of anilines is 1. The van der Waals surface area contributed by atoms with E-state index in [1.54, 1.807) is 50.4 Å². The summed E-state index contributed by atoms with van der Waals surface area (Å²) in [6.07, 6.45) is 0.400. The standard InChI is InChI=1S/C18H20FN3O2/c1-12-14(17(23)20-2)7-5-9-16(12)22-18(24)21-11-10-13-6-3-4-8-15(13)19/h3-9H,10-11H2,1-2H3,(H,20,23)(H2,21,22,24). The van der Waals surface area contributed by atoms with E-state index in [1.165, 1.54) is 6.07 Å². The lowest BCUT2D eigenvalue weighted by atomic mass is 10.1. The number of carbonyl (C=O) groups is 2. The fourth-order valence-corrected chi connectivity index (χ4v) is 2.33. The van der Waals surface area contributed by atoms with Gasteiger partial charge in [0.05, 0.1) is 0 Å². The number of urea groups is 1. The van der Waals surface area contributed by atoms with E-state index in [0.29, 0.717) is 35.3 Å². The quantitative estimate of drug-likeness (QED) is 0.789. The molecule has 2 aromatic carbocycles. The second-order valence-corrected chi connectivity index (χ2v) is 5.28. The molecule has 24 heavy (non-hydrogen) atoms. The Kier molecular flexibility index (Phi) is 5.89. The van der Waals surface area contributed by atoms with Gasteiger partial charge in [0.1, 0.15) is 5.82 Å². The van der Waals surface area contributed by atoms with E-state index in [9.17, 15) is 14.0 Å². The SMILES string of the molecule is CNC(=O)c1cccc(NC(=O)NCCc2ccccc2F)c1C. The Morgan fingerprint density at radius 3 is 2.54 bits per heavy atom. The molecular formula is C18H20FN3O2. The van der Waals surface area contributed by atoms with E-state index in [-0.39, 0.29) is 11.7 Å². The van der Waals surface area contributed by atoms with Crippen molar-refractivity contribution in [1.29, 1.82) is 0 Å². The van der Waals surface area contributed by atoms with Gasteiger partial charge in [-0.15, -0.1) is 0 Å². The molecule has 2 aromatic rings. The van der Waals surface area contributed by atoms with Crippen LogP contribution in [0.3, 0.4) is 0 Å². The first kappa shape index (κ1) is 17.5. The summed E-state index contributed by atoms with van der Waals surface area (Å²) in [5.41, 5.74) is 2.29. The molecule has 2 rings (SSSR count). The van der Waals surface area contributed by atoms with E-state index in [0.717, 1.165) is 0 Å². The van der Waals surface area contributed by atoms with Crippen LogP contribution in [0, 0.1) is 12.7 Å². The smallest absolute Gasteiger partial charge is 0.319 e. The van der Waals surface area contributed by atoms with Crippen LogP contribution in [0.25, 0.3) is 0 Å². The number of nitrogens with one attached hydrogen (secondary N) is 3. The molecule has 0 aliphatic rings. The molecule has 0 spiro atoms. The Bertz CT molecular complexity index is 747. The van der Waals surface area contributed by atoms with Gasteiger partial charge in [-0.2, -0.15) is 0 Å². The molecule has 126 valence electrons. The Morgan fingerprint density at radius 2 is 1.83 bits per heavy atom. The van der Waals surface area contributed by atoms with Crippen LogP contribution in [-0.4, -0.2) is 25.5 Å². The van der Waals surface area contributed by atoms with E-state index < -0.39 is 6.03 Å². The highest BCUT2D eigenvalue weighted by atomic mass is 19.1. The Balaban J connectivity index is 1.93. The third kappa shape index (κ3) is 4.32. The Morgan fingerprint density at radius 1 is 1.08 bits per heavy atom. The molecular weight excluding hydrogens is 309 g/mol. The molecule has 0 unspecified atom stereocenters. The average molecular weight is 329 g/mol. The van der Waals surface area contributed by atoms with Crippen molar-refractivity contribution in [3.8, 4) is 0 Å². The predicted octanol–water partition coefficient (Wildman–Crippen LogP) is 2.86. The third-order valence-corrected chi connectivity index (χ3v) is 3.69. The number of hydrogen-bond donors (Lipinski definition) is 3. The first-order chi connectivity index (χ1) is 11.5. The fourth-order valence-electron chi connectivity index (χ4n) is 2.33. The maximum absolute atomic E-state index is 13.5. The molecule has 0 heterocycles. The summed E-state index contributed by atoms with van der Waals surface area (Å²) < 4.78 is 13.5. The van der Waals surface area contributed by atoms with Gasteiger partial charge in [0, 0.05) is 24.8 Å². The lowest BCUT2D eigenvalue weighted by Gasteiger charge is -2.12. The van der Waals surface area contributed by atoms with Crippen LogP contribution in [0.1, 0.15) is 21.5 Å². The molecule has 0 saturated heterocycles. The molecule has 3 amide bonds. The molecule has 0 aromatic heterocycles. The maximum atomic E-state index is 13.5. The first-order valence-corrected chi connectivity index (χ1v) is 7.63. The lowest BCUT2D eigenvalue weighted by Crippen LogP contribution is -2.31. The van der Waals surface area contributed by atoms with Gasteiger partial charge in [-0.05, 0) is 42.7 Å². The Hall–Kier alpha value is -2.89. The molecule has 6 heteroatoms. The Labute approximate surface area is 140 Å². The summed E-state index contributed by atoms with van der Waals surface area (Å²) in [5, 5.41) is 7.94. The maximum Gasteiger partial charge on any atom is 0.319 e. The van der Waals surface area contributed by atoms with E-state index in [1.807, 2.05) is 0 Å². The van der Waals surface area contributed by atoms with Gasteiger partial charge in [-0.25, -0.2) is 9.18 Å². The van der Waals surface area contributed by atoms with Crippen LogP contribution in [0.2, 0.25) is 0 Å². The molecule has 3 N–H and O–H groups in total. The van der Waals surface area contributed by atoms with Crippen LogP contribution in [0.5, 0.6) is 0 Å². The predicted molar refractivity (Wildman–Crippen MR) is 91.7 cm³/mol. The molecule has 0 fully saturated rings. The highest BCUT2D eigenvalue weighted by molar-refractivity contribution is 5.98. The van der Waals surface area contributed by atoms with Crippen molar-refractivity contribution in [2.24, 2.45) is 0 Å². The molecule has 0 radical (unpaired) electrons. The molecule has 5 nitrogen and oxygen atoms in total. The van der Waals surface area contributed by atoms with Gasteiger partial charge in [0.15, 0.2) is 0 Å². The number of amides is 3. The van der Waals surface area contributed by atoms with Crippen molar-refractivity contribution in [3.05, 3.63) is 65.0 Å². The van der Waals surface area contributed by atoms with Crippen molar-refractivity contribution in [2.75, 3.05) is 18.9 Å². The first-order valence-electron chi connectivity index (χ1n) is 7.63. The molecule has 0 bridgehead atoms. The van der Waals surface area contributed by atoms with E-state index in [4.69, 9.17) is 0 Å². The second kappa shape index (κ2) is 8.10. The van der Waals surface area contributed by atoms with E-state index in [2.05, 4.69) is 16.0 Å². The highest BCUT2D eigenvalue weighted by Gasteiger charge is 2.11. The van der Waals surface area contributed by atoms with Crippen molar-refractivity contribution >= 4 is 17.6 Å². The van der Waals surface area contributed by atoms with Crippen molar-refractivity contribution in [2.45, 2.75) is 13.3 Å². The van der Waals surface area contributed by atoms with Crippen LogP contribution in [-0.2, 0) is 6.42 Å². The van der Waals surface area contributed by atoms with Crippen molar-refractivity contribution in [1.82, 2.24) is 10.6 Å². The number of benzene rings is 2. The third-order valence-electron chi connectivity index (χ3n) is 3.69. The summed E-state index contributed by atoms with van der Waals surface area (Å²) in [5.74, 6) is -0.495. The summed E-state index contributed by atoms with van der Waals surface area (Å²) >= 11 is 0. The largest absolute Gasteiger partial charge is 0.355 e. The van der Waals surface area contributed by atoms with Crippen LogP contribution in [0.4, 0.5) is 14.9 Å². The van der Waals surface area contributed by atoms with Gasteiger partial charge in [0.25, 0.3) is 5.91 Å². The molecule has 0 atom stereocenters. The van der Waals surface area contributed by atoms with Crippen molar-refractivity contribution in [3.63, 3.8) is 0 Å². The lowest BCUT2D eigenvalue weighted by molar-refractivity contribution is 0.0962. The number of rotatable bonds is 5. The fraction of sp³-hybridized carbons (Fsp3) is 0.222. The van der Waals surface area contributed by atoms with Gasteiger partial charge in [-0.3, -0.25) is 4.79 Å². The number of halogens is 1. The average Bonchev–Trinajstić information content (AvgIpc) is 2.58. The van der Waals surface area contributed by atoms with Crippen LogP contribution < -0.4 is 16.0 Å². The molecule has 0 aliphatic carbocycles. The zero-order valence-electron chi connectivity index (χ0n) is 13.7. The summed E-state index contributed by atoms with van der Waals surface area (Å²) in [6, 6.07) is 11.2. The van der Waals surface area contributed by atoms with Gasteiger partial charge in [-0.1, -0.05) is 24.3 Å². The molecule has 0 aliphatic heterocycles. The molecule has 0 saturated carbocycles. The van der Waals surface area contributed by atoms with Gasteiger partial charge in [0.2, 0.25) is 0 Å². The summed E-state index contributed by atoms with van der Waals surface area (Å²) in [4.78, 5) is 23.7. The van der Waals surface area contributed by atoms with Gasteiger partial charge < -0.3 is 16.0 Å². The normalized spacial score (nSPS) is 10.1. The second-order valence-electron chi connectivity index (χ2n) is 5.28. The van der Waals surface area contributed by atoms with E-state index >= 15 is 0 Å². The minimum atomic E-state index is -0.400. The summed E-state index contributed by atoms with van der Waals surface area (Å²) in [6.45, 7) is 2.07. The highest BCUT2D eigenvalue weighted by Crippen LogP contribution is 2.18. The van der Waals surface area contributed by atoms with Crippen LogP contribution in [0.15, 0.2) is 42.5 Å². The monoisotopic (exact) mass is 329 g/mol. The zero-order chi connectivity index (χ0) is 17.5.